The number of ether oxygens (including phenoxy) is 1. The van der Waals surface area contributed by atoms with E-state index in [0.29, 0.717) is 25.2 Å². The molecule has 3 amide bonds. The van der Waals surface area contributed by atoms with Gasteiger partial charge in [-0.25, -0.2) is 9.18 Å². The number of nitrogens with one attached hydrogen (secondary N) is 2. The van der Waals surface area contributed by atoms with Gasteiger partial charge in [-0.05, 0) is 43.9 Å². The summed E-state index contributed by atoms with van der Waals surface area (Å²) in [5.41, 5.74) is 0.520. The number of hydrogen-bond acceptors (Lipinski definition) is 3. The lowest BCUT2D eigenvalue weighted by molar-refractivity contribution is -0.121. The molecular formula is C17H22FN3O3. The molecule has 0 spiro atoms. The predicted octanol–water partition coefficient (Wildman–Crippen LogP) is 1.80. The molecule has 2 aliphatic rings. The summed E-state index contributed by atoms with van der Waals surface area (Å²) in [4.78, 5) is 26.1. The Morgan fingerprint density at radius 3 is 2.96 bits per heavy atom. The van der Waals surface area contributed by atoms with Crippen molar-refractivity contribution < 1.29 is 18.7 Å². The van der Waals surface area contributed by atoms with Crippen molar-refractivity contribution in [2.24, 2.45) is 0 Å². The fourth-order valence-corrected chi connectivity index (χ4v) is 3.13. The molecule has 2 N–H and O–H groups in total. The fourth-order valence-electron chi connectivity index (χ4n) is 3.13. The Morgan fingerprint density at radius 1 is 1.33 bits per heavy atom. The summed E-state index contributed by atoms with van der Waals surface area (Å²) in [5.74, 6) is -0.594. The summed E-state index contributed by atoms with van der Waals surface area (Å²) in [5, 5.41) is 5.47. The average molecular weight is 335 g/mol. The first-order valence-corrected chi connectivity index (χ1v) is 8.36. The van der Waals surface area contributed by atoms with Gasteiger partial charge in [-0.2, -0.15) is 0 Å². The van der Waals surface area contributed by atoms with Crippen molar-refractivity contribution in [2.75, 3.05) is 24.6 Å². The smallest absolute Gasteiger partial charge is 0.315 e. The van der Waals surface area contributed by atoms with Crippen LogP contribution in [0.25, 0.3) is 0 Å². The second-order valence-electron chi connectivity index (χ2n) is 6.15. The van der Waals surface area contributed by atoms with Gasteiger partial charge in [0.2, 0.25) is 5.91 Å². The molecular weight excluding hydrogens is 313 g/mol. The minimum atomic E-state index is -0.591. The van der Waals surface area contributed by atoms with Crippen molar-refractivity contribution in [2.45, 2.75) is 37.8 Å². The van der Waals surface area contributed by atoms with Gasteiger partial charge in [0.25, 0.3) is 0 Å². The number of nitrogens with zero attached hydrogens (tertiary/aromatic N) is 1. The first-order valence-electron chi connectivity index (χ1n) is 8.36. The minimum Gasteiger partial charge on any atom is -0.376 e. The zero-order valence-electron chi connectivity index (χ0n) is 13.5. The maximum absolute atomic E-state index is 13.4. The Balaban J connectivity index is 1.55. The van der Waals surface area contributed by atoms with Crippen LogP contribution in [0.5, 0.6) is 0 Å². The second-order valence-corrected chi connectivity index (χ2v) is 6.15. The van der Waals surface area contributed by atoms with Gasteiger partial charge in [-0.1, -0.05) is 6.07 Å². The van der Waals surface area contributed by atoms with Crippen LogP contribution in [-0.4, -0.2) is 43.8 Å². The average Bonchev–Trinajstić information content (AvgIpc) is 3.08. The molecule has 0 bridgehead atoms. The highest BCUT2D eigenvalue weighted by atomic mass is 19.1. The number of carbonyl (C=O) groups is 2. The fraction of sp³-hybridized carbons (Fsp3) is 0.529. The number of halogens is 1. The Morgan fingerprint density at radius 2 is 2.21 bits per heavy atom. The Kier molecular flexibility index (Phi) is 5.30. The highest BCUT2D eigenvalue weighted by Crippen LogP contribution is 2.21. The van der Waals surface area contributed by atoms with Gasteiger partial charge < -0.3 is 20.3 Å². The quantitative estimate of drug-likeness (QED) is 0.881. The molecule has 2 fully saturated rings. The van der Waals surface area contributed by atoms with Crippen molar-refractivity contribution in [3.05, 3.63) is 30.1 Å². The van der Waals surface area contributed by atoms with Crippen LogP contribution in [0.1, 0.15) is 25.7 Å². The van der Waals surface area contributed by atoms with Gasteiger partial charge in [-0.15, -0.1) is 0 Å². The van der Waals surface area contributed by atoms with Crippen molar-refractivity contribution >= 4 is 17.6 Å². The van der Waals surface area contributed by atoms with Crippen molar-refractivity contribution in [3.8, 4) is 0 Å². The largest absolute Gasteiger partial charge is 0.376 e. The van der Waals surface area contributed by atoms with E-state index >= 15 is 0 Å². The van der Waals surface area contributed by atoms with E-state index in [9.17, 15) is 14.0 Å². The number of rotatable bonds is 4. The lowest BCUT2D eigenvalue weighted by Gasteiger charge is -2.32. The summed E-state index contributed by atoms with van der Waals surface area (Å²) in [6.07, 6.45) is 3.34. The van der Waals surface area contributed by atoms with Crippen molar-refractivity contribution in [1.82, 2.24) is 10.6 Å². The van der Waals surface area contributed by atoms with Crippen molar-refractivity contribution in [1.29, 1.82) is 0 Å². The van der Waals surface area contributed by atoms with Crippen LogP contribution in [0.3, 0.4) is 0 Å². The zero-order valence-corrected chi connectivity index (χ0v) is 13.5. The summed E-state index contributed by atoms with van der Waals surface area (Å²) < 4.78 is 18.8. The summed E-state index contributed by atoms with van der Waals surface area (Å²) in [6.45, 7) is 1.70. The van der Waals surface area contributed by atoms with Crippen LogP contribution in [0.15, 0.2) is 24.3 Å². The molecule has 1 aromatic rings. The summed E-state index contributed by atoms with van der Waals surface area (Å²) in [7, 11) is 0. The number of amides is 3. The predicted molar refractivity (Wildman–Crippen MR) is 87.3 cm³/mol. The van der Waals surface area contributed by atoms with Gasteiger partial charge >= 0.3 is 6.03 Å². The molecule has 130 valence electrons. The Bertz CT molecular complexity index is 604. The van der Waals surface area contributed by atoms with E-state index in [4.69, 9.17) is 4.74 Å². The molecule has 2 heterocycles. The Hall–Kier alpha value is -2.15. The van der Waals surface area contributed by atoms with E-state index in [1.807, 2.05) is 0 Å². The molecule has 0 aromatic heterocycles. The van der Waals surface area contributed by atoms with Gasteiger partial charge in [0, 0.05) is 25.4 Å². The number of urea groups is 1. The third-order valence-electron chi connectivity index (χ3n) is 4.38. The van der Waals surface area contributed by atoms with Crippen LogP contribution in [-0.2, 0) is 9.53 Å². The number of hydrogen-bond donors (Lipinski definition) is 2. The SMILES string of the molecule is O=C(NC[C@@H]1CCCO1)N[C@H]1CCCN(c2cccc(F)c2)C1=O. The Labute approximate surface area is 140 Å². The van der Waals surface area contributed by atoms with E-state index < -0.39 is 6.04 Å². The topological polar surface area (TPSA) is 70.7 Å². The standard InChI is InChI=1S/C17H22FN3O3/c18-12-4-1-5-13(10-12)21-8-2-7-15(16(21)22)20-17(23)19-11-14-6-3-9-24-14/h1,4-5,10,14-15H,2-3,6-9,11H2,(H2,19,20,23)/t14-,15-/m0/s1. The molecule has 6 nitrogen and oxygen atoms in total. The molecule has 0 saturated carbocycles. The molecule has 24 heavy (non-hydrogen) atoms. The van der Waals surface area contributed by atoms with Crippen LogP contribution < -0.4 is 15.5 Å². The molecule has 2 saturated heterocycles. The molecule has 2 aliphatic heterocycles. The number of carbonyl (C=O) groups excluding carboxylic acids is 2. The third kappa shape index (κ3) is 4.03. The van der Waals surface area contributed by atoms with Crippen LogP contribution in [0, 0.1) is 5.82 Å². The summed E-state index contributed by atoms with van der Waals surface area (Å²) >= 11 is 0. The lowest BCUT2D eigenvalue weighted by Crippen LogP contribution is -2.55. The van der Waals surface area contributed by atoms with Crippen LogP contribution in [0.2, 0.25) is 0 Å². The first-order chi connectivity index (χ1) is 11.6. The highest BCUT2D eigenvalue weighted by Gasteiger charge is 2.31. The molecule has 2 atom stereocenters. The number of anilines is 1. The lowest BCUT2D eigenvalue weighted by atomic mass is 10.0. The highest BCUT2D eigenvalue weighted by molar-refractivity contribution is 5.99. The maximum atomic E-state index is 13.4. The first kappa shape index (κ1) is 16.7. The van der Waals surface area contributed by atoms with E-state index in [1.54, 1.807) is 12.1 Å². The van der Waals surface area contributed by atoms with Gasteiger partial charge in [0.05, 0.1) is 6.10 Å². The maximum Gasteiger partial charge on any atom is 0.315 e. The third-order valence-corrected chi connectivity index (χ3v) is 4.38. The van der Waals surface area contributed by atoms with Crippen LogP contribution in [0.4, 0.5) is 14.9 Å². The second kappa shape index (κ2) is 7.61. The van der Waals surface area contributed by atoms with E-state index in [-0.39, 0.29) is 23.9 Å². The van der Waals surface area contributed by atoms with Crippen LogP contribution >= 0.6 is 0 Å². The molecule has 3 rings (SSSR count). The van der Waals surface area contributed by atoms with Gasteiger partial charge in [0.15, 0.2) is 0 Å². The van der Waals surface area contributed by atoms with Gasteiger partial charge in [-0.3, -0.25) is 4.79 Å². The molecule has 1 aromatic carbocycles. The van der Waals surface area contributed by atoms with Gasteiger partial charge in [0.1, 0.15) is 11.9 Å². The minimum absolute atomic E-state index is 0.0570. The molecule has 0 radical (unpaired) electrons. The number of piperidine rings is 1. The van der Waals surface area contributed by atoms with Crippen molar-refractivity contribution in [3.63, 3.8) is 0 Å². The molecule has 7 heteroatoms. The zero-order chi connectivity index (χ0) is 16.9. The molecule has 0 unspecified atom stereocenters. The van der Waals surface area contributed by atoms with E-state index in [0.717, 1.165) is 25.9 Å². The molecule has 0 aliphatic carbocycles. The number of benzene rings is 1. The normalized spacial score (nSPS) is 24.0. The van der Waals surface area contributed by atoms with E-state index in [1.165, 1.54) is 17.0 Å². The summed E-state index contributed by atoms with van der Waals surface area (Å²) in [6, 6.07) is 4.98. The van der Waals surface area contributed by atoms with E-state index in [2.05, 4.69) is 10.6 Å². The monoisotopic (exact) mass is 335 g/mol.